The van der Waals surface area contributed by atoms with Gasteiger partial charge in [0.2, 0.25) is 0 Å². The highest BCUT2D eigenvalue weighted by atomic mass is 19.1. The van der Waals surface area contributed by atoms with Crippen LogP contribution in [0.4, 0.5) is 4.39 Å². The Morgan fingerprint density at radius 2 is 1.88 bits per heavy atom. The first-order valence-electron chi connectivity index (χ1n) is 7.85. The number of nitrogens with one attached hydrogen (secondary N) is 1. The Bertz CT molecular complexity index is 1060. The maximum atomic E-state index is 13.2. The van der Waals surface area contributed by atoms with Crippen molar-refractivity contribution in [3.8, 4) is 11.3 Å². The highest BCUT2D eigenvalue weighted by Crippen LogP contribution is 2.21. The van der Waals surface area contributed by atoms with Crippen molar-refractivity contribution in [2.24, 2.45) is 0 Å². The summed E-state index contributed by atoms with van der Waals surface area (Å²) in [6.07, 6.45) is 6.21. The third-order valence-electron chi connectivity index (χ3n) is 3.88. The second-order valence-corrected chi connectivity index (χ2v) is 5.56. The minimum absolute atomic E-state index is 0.291. The molecule has 0 atom stereocenters. The average Bonchev–Trinajstić information content (AvgIpc) is 3.12. The van der Waals surface area contributed by atoms with Crippen LogP contribution in [0, 0.1) is 5.82 Å². The molecule has 128 valence electrons. The van der Waals surface area contributed by atoms with Gasteiger partial charge in [-0.1, -0.05) is 0 Å². The molecule has 1 aromatic carbocycles. The summed E-state index contributed by atoms with van der Waals surface area (Å²) < 4.78 is 14.7. The zero-order valence-electron chi connectivity index (χ0n) is 13.5. The van der Waals surface area contributed by atoms with Crippen LogP contribution in [-0.2, 0) is 6.54 Å². The summed E-state index contributed by atoms with van der Waals surface area (Å²) in [5.41, 5.74) is 3.11. The topological polar surface area (TPSA) is 85.1 Å². The molecule has 0 aliphatic heterocycles. The smallest absolute Gasteiger partial charge is 0.257 e. The number of fused-ring (bicyclic) bond motifs is 1. The molecule has 0 aliphatic rings. The number of nitrogens with zero attached hydrogens (tertiary/aromatic N) is 5. The minimum atomic E-state index is -0.315. The van der Waals surface area contributed by atoms with Crippen molar-refractivity contribution in [1.29, 1.82) is 0 Å². The van der Waals surface area contributed by atoms with Crippen molar-refractivity contribution in [3.05, 3.63) is 78.1 Å². The first-order chi connectivity index (χ1) is 12.7. The van der Waals surface area contributed by atoms with Gasteiger partial charge in [0, 0.05) is 24.5 Å². The fourth-order valence-corrected chi connectivity index (χ4v) is 2.59. The molecule has 4 rings (SSSR count). The van der Waals surface area contributed by atoms with Gasteiger partial charge in [-0.3, -0.25) is 4.79 Å². The highest BCUT2D eigenvalue weighted by Gasteiger charge is 2.16. The Kier molecular flexibility index (Phi) is 4.06. The summed E-state index contributed by atoms with van der Waals surface area (Å²) in [5, 5.41) is 14.5. The summed E-state index contributed by atoms with van der Waals surface area (Å²) in [4.78, 5) is 16.8. The summed E-state index contributed by atoms with van der Waals surface area (Å²) >= 11 is 0. The van der Waals surface area contributed by atoms with Gasteiger partial charge in [0.1, 0.15) is 11.4 Å². The highest BCUT2D eigenvalue weighted by molar-refractivity contribution is 5.99. The van der Waals surface area contributed by atoms with E-state index in [1.54, 1.807) is 47.4 Å². The molecule has 26 heavy (non-hydrogen) atoms. The quantitative estimate of drug-likeness (QED) is 0.611. The summed E-state index contributed by atoms with van der Waals surface area (Å²) in [6, 6.07) is 9.60. The molecular weight excluding hydrogens is 335 g/mol. The third kappa shape index (κ3) is 3.00. The lowest BCUT2D eigenvalue weighted by molar-refractivity contribution is 0.0952. The number of carbonyl (C=O) groups excluding carboxylic acids is 1. The van der Waals surface area contributed by atoms with Crippen molar-refractivity contribution in [1.82, 2.24) is 30.1 Å². The van der Waals surface area contributed by atoms with Crippen LogP contribution >= 0.6 is 0 Å². The van der Waals surface area contributed by atoms with E-state index in [1.165, 1.54) is 18.3 Å². The molecule has 0 saturated carbocycles. The van der Waals surface area contributed by atoms with Crippen molar-refractivity contribution >= 4 is 11.6 Å². The predicted octanol–water partition coefficient (Wildman–Crippen LogP) is 2.26. The zero-order valence-corrected chi connectivity index (χ0v) is 13.5. The van der Waals surface area contributed by atoms with Gasteiger partial charge in [-0.2, -0.15) is 15.3 Å². The molecule has 1 amide bonds. The van der Waals surface area contributed by atoms with Gasteiger partial charge < -0.3 is 5.32 Å². The molecule has 3 heterocycles. The first kappa shape index (κ1) is 15.8. The van der Waals surface area contributed by atoms with Gasteiger partial charge in [-0.25, -0.2) is 13.9 Å². The van der Waals surface area contributed by atoms with E-state index in [4.69, 9.17) is 0 Å². The van der Waals surface area contributed by atoms with Crippen molar-refractivity contribution in [2.45, 2.75) is 6.54 Å². The van der Waals surface area contributed by atoms with E-state index in [0.717, 1.165) is 11.1 Å². The van der Waals surface area contributed by atoms with Gasteiger partial charge in [0.05, 0.1) is 18.1 Å². The molecule has 0 spiro atoms. The lowest BCUT2D eigenvalue weighted by atomic mass is 10.1. The molecule has 8 heteroatoms. The van der Waals surface area contributed by atoms with Crippen LogP contribution in [0.25, 0.3) is 16.9 Å². The fraction of sp³-hybridized carbons (Fsp3) is 0.0556. The molecule has 1 N–H and O–H groups in total. The van der Waals surface area contributed by atoms with E-state index >= 15 is 0 Å². The SMILES string of the molecule is O=C(NCc1ccnnc1)c1cnn2c(-c3ccc(F)cc3)ccnc12. The van der Waals surface area contributed by atoms with Crippen molar-refractivity contribution in [3.63, 3.8) is 0 Å². The monoisotopic (exact) mass is 348 g/mol. The number of benzene rings is 1. The van der Waals surface area contributed by atoms with Gasteiger partial charge >= 0.3 is 0 Å². The van der Waals surface area contributed by atoms with Gasteiger partial charge in [-0.15, -0.1) is 0 Å². The molecule has 0 saturated heterocycles. The van der Waals surface area contributed by atoms with E-state index in [-0.39, 0.29) is 11.7 Å². The minimum Gasteiger partial charge on any atom is -0.348 e. The van der Waals surface area contributed by atoms with E-state index in [0.29, 0.717) is 23.4 Å². The van der Waals surface area contributed by atoms with Crippen molar-refractivity contribution in [2.75, 3.05) is 0 Å². The third-order valence-corrected chi connectivity index (χ3v) is 3.88. The van der Waals surface area contributed by atoms with Crippen LogP contribution < -0.4 is 5.32 Å². The fourth-order valence-electron chi connectivity index (χ4n) is 2.59. The molecule has 0 fully saturated rings. The van der Waals surface area contributed by atoms with Crippen molar-refractivity contribution < 1.29 is 9.18 Å². The normalized spacial score (nSPS) is 10.8. The van der Waals surface area contributed by atoms with Crippen LogP contribution in [0.5, 0.6) is 0 Å². The van der Waals surface area contributed by atoms with E-state index < -0.39 is 0 Å². The number of carbonyl (C=O) groups is 1. The van der Waals surface area contributed by atoms with Gasteiger partial charge in [-0.05, 0) is 42.0 Å². The first-order valence-corrected chi connectivity index (χ1v) is 7.85. The van der Waals surface area contributed by atoms with Gasteiger partial charge in [0.25, 0.3) is 5.91 Å². The van der Waals surface area contributed by atoms with Crippen LogP contribution in [0.2, 0.25) is 0 Å². The van der Waals surface area contributed by atoms with Gasteiger partial charge in [0.15, 0.2) is 5.65 Å². The van der Waals surface area contributed by atoms with Crippen LogP contribution in [0.3, 0.4) is 0 Å². The number of hydrogen-bond acceptors (Lipinski definition) is 5. The molecule has 7 nitrogen and oxygen atoms in total. The predicted molar refractivity (Wildman–Crippen MR) is 91.6 cm³/mol. The Labute approximate surface area is 147 Å². The second kappa shape index (κ2) is 6.67. The Balaban J connectivity index is 1.64. The Hall–Kier alpha value is -3.68. The van der Waals surface area contributed by atoms with Crippen LogP contribution in [0.15, 0.2) is 61.2 Å². The van der Waals surface area contributed by atoms with Crippen LogP contribution in [-0.4, -0.2) is 30.7 Å². The summed E-state index contributed by atoms with van der Waals surface area (Å²) in [7, 11) is 0. The maximum absolute atomic E-state index is 13.2. The average molecular weight is 348 g/mol. The molecular formula is C18H13FN6O. The number of rotatable bonds is 4. The zero-order chi connectivity index (χ0) is 17.9. The molecule has 0 radical (unpaired) electrons. The maximum Gasteiger partial charge on any atom is 0.257 e. The number of hydrogen-bond donors (Lipinski definition) is 1. The second-order valence-electron chi connectivity index (χ2n) is 5.56. The largest absolute Gasteiger partial charge is 0.348 e. The summed E-state index contributed by atoms with van der Waals surface area (Å²) in [6.45, 7) is 0.323. The summed E-state index contributed by atoms with van der Waals surface area (Å²) in [5.74, 6) is -0.606. The van der Waals surface area contributed by atoms with E-state index in [1.807, 2.05) is 0 Å². The van der Waals surface area contributed by atoms with E-state index in [9.17, 15) is 9.18 Å². The standard InChI is InChI=1S/C18H13FN6O/c19-14-3-1-13(2-4-14)16-6-7-20-17-15(11-24-25(16)17)18(26)21-9-12-5-8-22-23-10-12/h1-8,10-11H,9H2,(H,21,26). The number of halogens is 1. The molecule has 0 bridgehead atoms. The van der Waals surface area contributed by atoms with E-state index in [2.05, 4.69) is 25.6 Å². The number of aromatic nitrogens is 5. The number of amides is 1. The lowest BCUT2D eigenvalue weighted by Gasteiger charge is -2.06. The Morgan fingerprint density at radius 1 is 1.04 bits per heavy atom. The molecule has 0 unspecified atom stereocenters. The molecule has 3 aromatic heterocycles. The lowest BCUT2D eigenvalue weighted by Crippen LogP contribution is -2.23. The molecule has 4 aromatic rings. The molecule has 0 aliphatic carbocycles. The van der Waals surface area contributed by atoms with Crippen LogP contribution in [0.1, 0.15) is 15.9 Å². The Morgan fingerprint density at radius 3 is 2.65 bits per heavy atom.